The number of rotatable bonds is 6. The van der Waals surface area contributed by atoms with E-state index in [0.717, 1.165) is 62.9 Å². The average Bonchev–Trinajstić information content (AvgIpc) is 2.55. The number of piperidine rings is 1. The lowest BCUT2D eigenvalue weighted by Gasteiger charge is -2.32. The van der Waals surface area contributed by atoms with Crippen molar-refractivity contribution in [3.05, 3.63) is 23.9 Å². The SMILES string of the molecule is CCCN1CCC(NC(=O)CSc2ccc(C(F)(F)F)cn2)CC1. The molecule has 0 aromatic carbocycles. The number of thioether (sulfide) groups is 1. The summed E-state index contributed by atoms with van der Waals surface area (Å²) in [6, 6.07) is 2.47. The van der Waals surface area contributed by atoms with Gasteiger partial charge in [0, 0.05) is 25.3 Å². The van der Waals surface area contributed by atoms with Crippen molar-refractivity contribution < 1.29 is 18.0 Å². The van der Waals surface area contributed by atoms with E-state index < -0.39 is 11.7 Å². The quantitative estimate of drug-likeness (QED) is 0.791. The van der Waals surface area contributed by atoms with Crippen LogP contribution in [0.3, 0.4) is 0 Å². The van der Waals surface area contributed by atoms with E-state index in [0.29, 0.717) is 5.03 Å². The molecule has 1 aliphatic heterocycles. The van der Waals surface area contributed by atoms with Crippen molar-refractivity contribution >= 4 is 17.7 Å². The normalized spacial score (nSPS) is 17.0. The fourth-order valence-corrected chi connectivity index (χ4v) is 3.31. The van der Waals surface area contributed by atoms with Crippen molar-refractivity contribution in [3.8, 4) is 0 Å². The first-order chi connectivity index (χ1) is 11.4. The molecule has 4 nitrogen and oxygen atoms in total. The first-order valence-electron chi connectivity index (χ1n) is 8.06. The minimum Gasteiger partial charge on any atom is -0.353 e. The summed E-state index contributed by atoms with van der Waals surface area (Å²) >= 11 is 1.14. The fourth-order valence-electron chi connectivity index (χ4n) is 2.66. The zero-order chi connectivity index (χ0) is 17.6. The second-order valence-electron chi connectivity index (χ2n) is 5.85. The highest BCUT2D eigenvalue weighted by molar-refractivity contribution is 7.99. The van der Waals surface area contributed by atoms with Gasteiger partial charge in [-0.15, -0.1) is 0 Å². The third kappa shape index (κ3) is 5.98. The van der Waals surface area contributed by atoms with Crippen molar-refractivity contribution in [2.45, 2.75) is 43.4 Å². The summed E-state index contributed by atoms with van der Waals surface area (Å²) in [7, 11) is 0. The standard InChI is InChI=1S/C16H22F3N3OS/c1-2-7-22-8-5-13(6-9-22)21-14(23)11-24-15-4-3-12(10-20-15)16(17,18)19/h3-4,10,13H,2,5-9,11H2,1H3,(H,21,23). The van der Waals surface area contributed by atoms with Gasteiger partial charge in [-0.25, -0.2) is 4.98 Å². The molecule has 1 aromatic rings. The van der Waals surface area contributed by atoms with Gasteiger partial charge in [0.05, 0.1) is 16.3 Å². The van der Waals surface area contributed by atoms with Gasteiger partial charge in [0.2, 0.25) is 5.91 Å². The first kappa shape index (κ1) is 19.1. The molecular formula is C16H22F3N3OS. The van der Waals surface area contributed by atoms with E-state index in [1.807, 2.05) is 0 Å². The average molecular weight is 361 g/mol. The van der Waals surface area contributed by atoms with Crippen LogP contribution in [0.1, 0.15) is 31.7 Å². The Balaban J connectivity index is 1.72. The summed E-state index contributed by atoms with van der Waals surface area (Å²) in [5.41, 5.74) is -0.782. The predicted octanol–water partition coefficient (Wildman–Crippen LogP) is 3.18. The second-order valence-corrected chi connectivity index (χ2v) is 6.85. The van der Waals surface area contributed by atoms with Crippen molar-refractivity contribution in [1.82, 2.24) is 15.2 Å². The fraction of sp³-hybridized carbons (Fsp3) is 0.625. The van der Waals surface area contributed by atoms with Gasteiger partial charge in [-0.05, 0) is 37.9 Å². The summed E-state index contributed by atoms with van der Waals surface area (Å²) in [5, 5.41) is 3.41. The number of alkyl halides is 3. The maximum Gasteiger partial charge on any atom is 0.417 e. The van der Waals surface area contributed by atoms with Crippen LogP contribution in [0, 0.1) is 0 Å². The van der Waals surface area contributed by atoms with Gasteiger partial charge in [-0.2, -0.15) is 13.2 Å². The van der Waals surface area contributed by atoms with Crippen LogP contribution in [-0.2, 0) is 11.0 Å². The zero-order valence-corrected chi connectivity index (χ0v) is 14.4. The van der Waals surface area contributed by atoms with Crippen LogP contribution >= 0.6 is 11.8 Å². The summed E-state index contributed by atoms with van der Waals surface area (Å²) in [6.45, 7) is 5.23. The molecular weight excluding hydrogens is 339 g/mol. The van der Waals surface area contributed by atoms with Crippen molar-refractivity contribution in [3.63, 3.8) is 0 Å². The number of amides is 1. The predicted molar refractivity (Wildman–Crippen MR) is 87.9 cm³/mol. The number of carbonyl (C=O) groups is 1. The van der Waals surface area contributed by atoms with Crippen molar-refractivity contribution in [2.75, 3.05) is 25.4 Å². The number of likely N-dealkylation sites (tertiary alicyclic amines) is 1. The van der Waals surface area contributed by atoms with E-state index in [2.05, 4.69) is 22.1 Å². The lowest BCUT2D eigenvalue weighted by Crippen LogP contribution is -2.45. The molecule has 1 saturated heterocycles. The summed E-state index contributed by atoms with van der Waals surface area (Å²) < 4.78 is 37.4. The molecule has 1 fully saturated rings. The number of aromatic nitrogens is 1. The minimum atomic E-state index is -4.39. The number of hydrogen-bond acceptors (Lipinski definition) is 4. The number of nitrogens with zero attached hydrogens (tertiary/aromatic N) is 2. The van der Waals surface area contributed by atoms with Crippen LogP contribution < -0.4 is 5.32 Å². The van der Waals surface area contributed by atoms with E-state index in [-0.39, 0.29) is 17.7 Å². The number of nitrogens with one attached hydrogen (secondary N) is 1. The molecule has 0 atom stereocenters. The topological polar surface area (TPSA) is 45.2 Å². The number of halogens is 3. The lowest BCUT2D eigenvalue weighted by molar-refractivity contribution is -0.137. The summed E-state index contributed by atoms with van der Waals surface area (Å²) in [4.78, 5) is 18.1. The van der Waals surface area contributed by atoms with Crippen LogP contribution in [0.25, 0.3) is 0 Å². The molecule has 0 bridgehead atoms. The lowest BCUT2D eigenvalue weighted by atomic mass is 10.1. The van der Waals surface area contributed by atoms with Crippen molar-refractivity contribution in [2.24, 2.45) is 0 Å². The number of pyridine rings is 1. The third-order valence-corrected chi connectivity index (χ3v) is 4.85. The largest absolute Gasteiger partial charge is 0.417 e. The summed E-state index contributed by atoms with van der Waals surface area (Å²) in [6.07, 6.45) is -0.582. The number of carbonyl (C=O) groups excluding carboxylic acids is 1. The van der Waals surface area contributed by atoms with Gasteiger partial charge in [0.25, 0.3) is 0 Å². The van der Waals surface area contributed by atoms with Crippen LogP contribution in [0.5, 0.6) is 0 Å². The van der Waals surface area contributed by atoms with Crippen LogP contribution in [-0.4, -0.2) is 47.2 Å². The molecule has 1 amide bonds. The molecule has 2 heterocycles. The first-order valence-corrected chi connectivity index (χ1v) is 9.05. The van der Waals surface area contributed by atoms with Gasteiger partial charge >= 0.3 is 6.18 Å². The maximum absolute atomic E-state index is 12.5. The molecule has 8 heteroatoms. The Bertz CT molecular complexity index is 528. The smallest absolute Gasteiger partial charge is 0.353 e. The van der Waals surface area contributed by atoms with Crippen LogP contribution in [0.4, 0.5) is 13.2 Å². The Labute approximate surface area is 144 Å². The molecule has 1 N–H and O–H groups in total. The van der Waals surface area contributed by atoms with E-state index in [9.17, 15) is 18.0 Å². The van der Waals surface area contributed by atoms with Gasteiger partial charge in [0.1, 0.15) is 0 Å². The highest BCUT2D eigenvalue weighted by Crippen LogP contribution is 2.29. The zero-order valence-electron chi connectivity index (χ0n) is 13.6. The monoisotopic (exact) mass is 361 g/mol. The highest BCUT2D eigenvalue weighted by Gasteiger charge is 2.30. The Morgan fingerprint density at radius 2 is 2.08 bits per heavy atom. The molecule has 24 heavy (non-hydrogen) atoms. The van der Waals surface area contributed by atoms with Crippen LogP contribution in [0.2, 0.25) is 0 Å². The van der Waals surface area contributed by atoms with E-state index in [4.69, 9.17) is 0 Å². The molecule has 0 aliphatic carbocycles. The van der Waals surface area contributed by atoms with Gasteiger partial charge in [-0.1, -0.05) is 18.7 Å². The number of hydrogen-bond donors (Lipinski definition) is 1. The van der Waals surface area contributed by atoms with Gasteiger partial charge in [0.15, 0.2) is 0 Å². The summed E-state index contributed by atoms with van der Waals surface area (Å²) in [5.74, 6) is 0.0590. The third-order valence-electron chi connectivity index (χ3n) is 3.91. The molecule has 0 spiro atoms. The second kappa shape index (κ2) is 8.71. The molecule has 1 aromatic heterocycles. The van der Waals surface area contributed by atoms with E-state index in [1.165, 1.54) is 6.07 Å². The Hall–Kier alpha value is -1.28. The molecule has 0 saturated carbocycles. The van der Waals surface area contributed by atoms with E-state index >= 15 is 0 Å². The molecule has 1 aliphatic rings. The molecule has 2 rings (SSSR count). The minimum absolute atomic E-state index is 0.101. The van der Waals surface area contributed by atoms with Crippen molar-refractivity contribution in [1.29, 1.82) is 0 Å². The molecule has 0 radical (unpaired) electrons. The Morgan fingerprint density at radius 3 is 2.62 bits per heavy atom. The Morgan fingerprint density at radius 1 is 1.38 bits per heavy atom. The van der Waals surface area contributed by atoms with Gasteiger partial charge < -0.3 is 10.2 Å². The molecule has 134 valence electrons. The molecule has 0 unspecified atom stereocenters. The Kier molecular flexibility index (Phi) is 6.91. The highest BCUT2D eigenvalue weighted by atomic mass is 32.2. The van der Waals surface area contributed by atoms with Gasteiger partial charge in [-0.3, -0.25) is 4.79 Å². The van der Waals surface area contributed by atoms with Crippen LogP contribution in [0.15, 0.2) is 23.4 Å². The maximum atomic E-state index is 12.5. The van der Waals surface area contributed by atoms with E-state index in [1.54, 1.807) is 0 Å².